The first-order valence-electron chi connectivity index (χ1n) is 6.67. The minimum absolute atomic E-state index is 0.362. The molecule has 0 unspecified atom stereocenters. The highest BCUT2D eigenvalue weighted by Gasteiger charge is 2.17. The van der Waals surface area contributed by atoms with Crippen LogP contribution in [0.5, 0.6) is 11.5 Å². The van der Waals surface area contributed by atoms with Crippen LogP contribution in [-0.2, 0) is 0 Å². The van der Waals surface area contributed by atoms with Gasteiger partial charge in [-0.05, 0) is 19.9 Å². The highest BCUT2D eigenvalue weighted by molar-refractivity contribution is 5.92. The Balaban J connectivity index is 2.28. The zero-order chi connectivity index (χ0) is 15.9. The summed E-state index contributed by atoms with van der Waals surface area (Å²) in [7, 11) is 3.14. The van der Waals surface area contributed by atoms with Crippen LogP contribution in [0.3, 0.4) is 0 Å². The molecule has 0 aliphatic carbocycles. The van der Waals surface area contributed by atoms with Crippen molar-refractivity contribution >= 4 is 16.7 Å². The van der Waals surface area contributed by atoms with E-state index in [1.54, 1.807) is 26.4 Å². The van der Waals surface area contributed by atoms with Crippen LogP contribution in [0.4, 0.5) is 5.82 Å². The second-order valence-corrected chi connectivity index (χ2v) is 4.86. The molecule has 2 N–H and O–H groups in total. The van der Waals surface area contributed by atoms with Crippen LogP contribution in [0, 0.1) is 13.8 Å². The lowest BCUT2D eigenvalue weighted by Gasteiger charge is -2.10. The molecule has 3 aromatic rings. The topological polar surface area (TPSA) is 96.3 Å². The van der Waals surface area contributed by atoms with Crippen molar-refractivity contribution in [3.8, 4) is 22.9 Å². The lowest BCUT2D eigenvalue weighted by atomic mass is 10.1. The number of nitrogens with zero attached hydrogens (tertiary/aromatic N) is 3. The highest BCUT2D eigenvalue weighted by atomic mass is 16.5. The first-order chi connectivity index (χ1) is 10.5. The Morgan fingerprint density at radius 3 is 2.32 bits per heavy atom. The second-order valence-electron chi connectivity index (χ2n) is 4.86. The first-order valence-corrected chi connectivity index (χ1v) is 6.67. The summed E-state index contributed by atoms with van der Waals surface area (Å²) in [5, 5.41) is 4.62. The lowest BCUT2D eigenvalue weighted by Crippen LogP contribution is -2.00. The number of methoxy groups -OCH3 is 2. The van der Waals surface area contributed by atoms with E-state index in [9.17, 15) is 0 Å². The van der Waals surface area contributed by atoms with Gasteiger partial charge in [0.05, 0.1) is 31.0 Å². The molecule has 0 saturated heterocycles. The predicted molar refractivity (Wildman–Crippen MR) is 82.0 cm³/mol. The molecule has 2 aromatic heterocycles. The van der Waals surface area contributed by atoms with E-state index in [4.69, 9.17) is 19.7 Å². The zero-order valence-corrected chi connectivity index (χ0v) is 12.8. The van der Waals surface area contributed by atoms with Gasteiger partial charge >= 0.3 is 0 Å². The summed E-state index contributed by atoms with van der Waals surface area (Å²) in [4.78, 5) is 8.92. The smallest absolute Gasteiger partial charge is 0.167 e. The molecule has 0 spiro atoms. The fourth-order valence-electron chi connectivity index (χ4n) is 2.39. The summed E-state index contributed by atoms with van der Waals surface area (Å²) >= 11 is 0. The minimum Gasteiger partial charge on any atom is -0.493 e. The molecule has 2 heterocycles. The number of benzene rings is 1. The summed E-state index contributed by atoms with van der Waals surface area (Å²) < 4.78 is 15.8. The maximum Gasteiger partial charge on any atom is 0.167 e. The Labute approximate surface area is 127 Å². The number of nitrogen functional groups attached to an aromatic ring is 1. The quantitative estimate of drug-likeness (QED) is 0.793. The molecule has 0 fully saturated rings. The van der Waals surface area contributed by atoms with Gasteiger partial charge in [-0.25, -0.2) is 9.97 Å². The Hall–Kier alpha value is -2.83. The second kappa shape index (κ2) is 5.18. The molecule has 0 aliphatic rings. The van der Waals surface area contributed by atoms with Crippen molar-refractivity contribution in [3.63, 3.8) is 0 Å². The van der Waals surface area contributed by atoms with E-state index < -0.39 is 0 Å². The number of aryl methyl sites for hydroxylation is 2. The summed E-state index contributed by atoms with van der Waals surface area (Å²) in [6, 6.07) is 3.54. The number of fused-ring (bicyclic) bond motifs is 1. The fraction of sp³-hybridized carbons (Fsp3) is 0.267. The zero-order valence-electron chi connectivity index (χ0n) is 12.8. The van der Waals surface area contributed by atoms with Crippen molar-refractivity contribution in [3.05, 3.63) is 23.6 Å². The van der Waals surface area contributed by atoms with Crippen LogP contribution in [0.15, 0.2) is 16.7 Å². The van der Waals surface area contributed by atoms with E-state index in [1.165, 1.54) is 0 Å². The molecule has 7 nitrogen and oxygen atoms in total. The van der Waals surface area contributed by atoms with Crippen LogP contribution in [-0.4, -0.2) is 29.3 Å². The van der Waals surface area contributed by atoms with Gasteiger partial charge in [-0.1, -0.05) is 5.16 Å². The summed E-state index contributed by atoms with van der Waals surface area (Å²) in [6.45, 7) is 3.65. The average Bonchev–Trinajstić information content (AvgIpc) is 2.84. The number of anilines is 1. The third-order valence-corrected chi connectivity index (χ3v) is 3.49. The number of hydrogen-bond donors (Lipinski definition) is 1. The molecule has 114 valence electrons. The van der Waals surface area contributed by atoms with E-state index in [1.807, 2.05) is 13.8 Å². The monoisotopic (exact) mass is 300 g/mol. The molecule has 0 bridgehead atoms. The van der Waals surface area contributed by atoms with Gasteiger partial charge in [0.15, 0.2) is 17.3 Å². The Bertz CT molecular complexity index is 838. The van der Waals surface area contributed by atoms with Crippen LogP contribution in [0.25, 0.3) is 22.3 Å². The average molecular weight is 300 g/mol. The molecule has 0 saturated carbocycles. The maximum atomic E-state index is 6.08. The summed E-state index contributed by atoms with van der Waals surface area (Å²) in [5.41, 5.74) is 8.22. The molecule has 0 amide bonds. The van der Waals surface area contributed by atoms with Crippen molar-refractivity contribution in [2.24, 2.45) is 0 Å². The van der Waals surface area contributed by atoms with Gasteiger partial charge in [-0.3, -0.25) is 0 Å². The normalized spacial score (nSPS) is 10.9. The third kappa shape index (κ3) is 2.11. The van der Waals surface area contributed by atoms with Gasteiger partial charge in [-0.2, -0.15) is 0 Å². The van der Waals surface area contributed by atoms with Crippen LogP contribution < -0.4 is 15.2 Å². The van der Waals surface area contributed by atoms with Crippen LogP contribution in [0.1, 0.15) is 11.5 Å². The first kappa shape index (κ1) is 14.1. The van der Waals surface area contributed by atoms with Gasteiger partial charge in [0, 0.05) is 11.5 Å². The number of rotatable bonds is 3. The van der Waals surface area contributed by atoms with E-state index in [0.29, 0.717) is 39.8 Å². The van der Waals surface area contributed by atoms with Crippen molar-refractivity contribution in [2.45, 2.75) is 13.8 Å². The molecule has 7 heteroatoms. The summed E-state index contributed by atoms with van der Waals surface area (Å²) in [6.07, 6.45) is 0. The Kier molecular flexibility index (Phi) is 3.32. The molecular formula is C15H16N4O3. The molecule has 0 radical (unpaired) electrons. The van der Waals surface area contributed by atoms with Gasteiger partial charge in [0.2, 0.25) is 0 Å². The lowest BCUT2D eigenvalue weighted by molar-refractivity contribution is 0.356. The highest BCUT2D eigenvalue weighted by Crippen LogP contribution is 2.35. The predicted octanol–water partition coefficient (Wildman–Crippen LogP) is 2.50. The molecule has 22 heavy (non-hydrogen) atoms. The molecule has 1 aromatic carbocycles. The molecule has 0 aliphatic heterocycles. The van der Waals surface area contributed by atoms with Crippen molar-refractivity contribution in [1.29, 1.82) is 0 Å². The van der Waals surface area contributed by atoms with Gasteiger partial charge in [0.1, 0.15) is 11.6 Å². The number of hydrogen-bond acceptors (Lipinski definition) is 7. The minimum atomic E-state index is 0.362. The molecule has 0 atom stereocenters. The van der Waals surface area contributed by atoms with Crippen molar-refractivity contribution < 1.29 is 14.0 Å². The summed E-state index contributed by atoms with van der Waals surface area (Å²) in [5.74, 6) is 2.65. The van der Waals surface area contributed by atoms with E-state index >= 15 is 0 Å². The van der Waals surface area contributed by atoms with E-state index in [2.05, 4.69) is 15.1 Å². The number of ether oxygens (including phenoxy) is 2. The maximum absolute atomic E-state index is 6.08. The van der Waals surface area contributed by atoms with Gasteiger partial charge in [-0.15, -0.1) is 0 Å². The fourth-order valence-corrected chi connectivity index (χ4v) is 2.39. The van der Waals surface area contributed by atoms with Gasteiger partial charge < -0.3 is 19.7 Å². The molecular weight excluding hydrogens is 284 g/mol. The number of aromatic nitrogens is 3. The SMILES string of the molecule is COc1cc2nc(-c3c(C)noc3C)nc(N)c2cc1OC. The largest absolute Gasteiger partial charge is 0.493 e. The van der Waals surface area contributed by atoms with Crippen LogP contribution >= 0.6 is 0 Å². The van der Waals surface area contributed by atoms with Gasteiger partial charge in [0.25, 0.3) is 0 Å². The van der Waals surface area contributed by atoms with Crippen molar-refractivity contribution in [2.75, 3.05) is 20.0 Å². The Morgan fingerprint density at radius 2 is 1.73 bits per heavy atom. The van der Waals surface area contributed by atoms with E-state index in [-0.39, 0.29) is 0 Å². The number of nitrogens with two attached hydrogens (primary N) is 1. The Morgan fingerprint density at radius 1 is 1.05 bits per heavy atom. The van der Waals surface area contributed by atoms with E-state index in [0.717, 1.165) is 11.3 Å². The standard InChI is InChI=1S/C15H16N4O3/c1-7-13(8(2)22-19-7)15-17-10-6-12(21-4)11(20-3)5-9(10)14(16)18-15/h5-6H,1-4H3,(H2,16,17,18). The van der Waals surface area contributed by atoms with Crippen molar-refractivity contribution in [1.82, 2.24) is 15.1 Å². The molecule has 3 rings (SSSR count). The van der Waals surface area contributed by atoms with Crippen LogP contribution in [0.2, 0.25) is 0 Å². The third-order valence-electron chi connectivity index (χ3n) is 3.49.